The number of nitrogens with zero attached hydrogens (tertiary/aromatic N) is 4. The Morgan fingerprint density at radius 2 is 1.04 bits per heavy atom. The van der Waals surface area contributed by atoms with Gasteiger partial charge in [0, 0.05) is 64.2 Å². The highest BCUT2D eigenvalue weighted by Gasteiger charge is 2.38. The van der Waals surface area contributed by atoms with Crippen LogP contribution in [0.3, 0.4) is 0 Å². The van der Waals surface area contributed by atoms with E-state index in [-0.39, 0.29) is 5.41 Å². The number of anilines is 3. The highest BCUT2D eigenvalue weighted by atomic mass is 31.2. The average molecular weight is 655 g/mol. The molecule has 49 heavy (non-hydrogen) atoms. The molecule has 1 atom stereocenters. The van der Waals surface area contributed by atoms with E-state index in [0.717, 1.165) is 60.8 Å². The first-order valence-electron chi connectivity index (χ1n) is 16.4. The molecule has 0 aliphatic carbocycles. The minimum absolute atomic E-state index is 0.311. The Hall–Kier alpha value is -5.64. The maximum Gasteiger partial charge on any atom is 0.172 e. The fraction of sp³-hybridized carbons (Fsp3) is 0.0930. The summed E-state index contributed by atoms with van der Waals surface area (Å²) < 4.78 is 15.2. The predicted octanol–water partition coefficient (Wildman–Crippen LogP) is 9.26. The monoisotopic (exact) mass is 654 g/mol. The molecule has 4 aromatic carbocycles. The van der Waals surface area contributed by atoms with Gasteiger partial charge in [0.15, 0.2) is 7.14 Å². The van der Waals surface area contributed by atoms with Gasteiger partial charge in [-0.25, -0.2) is 0 Å². The molecule has 5 nitrogen and oxygen atoms in total. The van der Waals surface area contributed by atoms with E-state index >= 15 is 4.57 Å². The average Bonchev–Trinajstić information content (AvgIpc) is 3.16. The predicted molar refractivity (Wildman–Crippen MR) is 202 cm³/mol. The van der Waals surface area contributed by atoms with Crippen LogP contribution in [0.25, 0.3) is 22.3 Å². The lowest BCUT2D eigenvalue weighted by Gasteiger charge is -2.43. The van der Waals surface area contributed by atoms with Crippen LogP contribution in [0, 0.1) is 6.92 Å². The first kappa shape index (κ1) is 30.7. The summed E-state index contributed by atoms with van der Waals surface area (Å²) in [4.78, 5) is 15.5. The first-order valence-corrected chi connectivity index (χ1v) is 18.1. The van der Waals surface area contributed by atoms with Crippen molar-refractivity contribution in [1.82, 2.24) is 15.0 Å². The summed E-state index contributed by atoms with van der Waals surface area (Å²) in [5, 5.41) is 2.29. The molecule has 1 aliphatic rings. The van der Waals surface area contributed by atoms with Gasteiger partial charge in [-0.3, -0.25) is 15.0 Å². The topological polar surface area (TPSA) is 59.0 Å². The van der Waals surface area contributed by atoms with Gasteiger partial charge in [-0.15, -0.1) is 0 Å². The second-order valence-electron chi connectivity index (χ2n) is 13.0. The summed E-state index contributed by atoms with van der Waals surface area (Å²) in [5.41, 5.74) is 10.8. The van der Waals surface area contributed by atoms with Crippen molar-refractivity contribution in [1.29, 1.82) is 0 Å². The Balaban J connectivity index is 1.33. The summed E-state index contributed by atoms with van der Waals surface area (Å²) in [6, 6.07) is 41.4. The van der Waals surface area contributed by atoms with Gasteiger partial charge >= 0.3 is 0 Å². The summed E-state index contributed by atoms with van der Waals surface area (Å²) in [5.74, 6) is 0. The van der Waals surface area contributed by atoms with E-state index in [9.17, 15) is 0 Å². The largest absolute Gasteiger partial charge is 0.310 e. The highest BCUT2D eigenvalue weighted by Crippen LogP contribution is 2.54. The van der Waals surface area contributed by atoms with Crippen LogP contribution in [-0.2, 0) is 9.98 Å². The van der Waals surface area contributed by atoms with Crippen molar-refractivity contribution in [2.24, 2.45) is 0 Å². The van der Waals surface area contributed by atoms with Crippen LogP contribution in [0.1, 0.15) is 30.5 Å². The van der Waals surface area contributed by atoms with Crippen LogP contribution in [0.4, 0.5) is 17.1 Å². The fourth-order valence-corrected chi connectivity index (χ4v) is 9.81. The first-order chi connectivity index (χ1) is 23.9. The molecule has 3 aromatic heterocycles. The van der Waals surface area contributed by atoms with E-state index in [1.807, 2.05) is 73.1 Å². The number of aromatic nitrogens is 3. The number of rotatable bonds is 6. The zero-order chi connectivity index (χ0) is 33.6. The van der Waals surface area contributed by atoms with Crippen molar-refractivity contribution < 1.29 is 4.57 Å². The number of benzene rings is 4. The molecule has 8 rings (SSSR count). The second kappa shape index (κ2) is 12.1. The molecular formula is C43H35N4OP. The molecule has 0 amide bonds. The minimum atomic E-state index is -3.19. The van der Waals surface area contributed by atoms with E-state index in [1.54, 1.807) is 24.8 Å². The Kier molecular flexibility index (Phi) is 7.58. The van der Waals surface area contributed by atoms with Crippen LogP contribution in [0.15, 0.2) is 159 Å². The number of hydrogen-bond donors (Lipinski definition) is 0. The van der Waals surface area contributed by atoms with E-state index < -0.39 is 7.14 Å². The van der Waals surface area contributed by atoms with E-state index in [1.165, 1.54) is 11.1 Å². The van der Waals surface area contributed by atoms with Crippen molar-refractivity contribution in [3.05, 3.63) is 175 Å². The molecule has 1 unspecified atom stereocenters. The van der Waals surface area contributed by atoms with Crippen LogP contribution < -0.4 is 20.8 Å². The Morgan fingerprint density at radius 1 is 0.510 bits per heavy atom. The van der Waals surface area contributed by atoms with Gasteiger partial charge in [0.1, 0.15) is 0 Å². The zero-order valence-corrected chi connectivity index (χ0v) is 28.5. The third-order valence-electron chi connectivity index (χ3n) is 9.73. The molecule has 0 radical (unpaired) electrons. The Morgan fingerprint density at radius 3 is 1.55 bits per heavy atom. The van der Waals surface area contributed by atoms with E-state index in [0.29, 0.717) is 0 Å². The molecule has 6 heteroatoms. The van der Waals surface area contributed by atoms with Crippen molar-refractivity contribution in [3.63, 3.8) is 0 Å². The minimum Gasteiger partial charge on any atom is -0.310 e. The molecule has 0 spiro atoms. The molecule has 1 aliphatic heterocycles. The van der Waals surface area contributed by atoms with Crippen LogP contribution in [0.5, 0.6) is 0 Å². The lowest BCUT2D eigenvalue weighted by atomic mass is 9.72. The number of aryl methyl sites for hydroxylation is 1. The summed E-state index contributed by atoms with van der Waals surface area (Å²) in [6.45, 7) is 6.73. The molecule has 4 heterocycles. The maximum atomic E-state index is 15.2. The third kappa shape index (κ3) is 5.18. The number of fused-ring (bicyclic) bond motifs is 2. The molecule has 0 fully saturated rings. The Bertz CT molecular complexity index is 2210. The molecule has 238 valence electrons. The van der Waals surface area contributed by atoms with Gasteiger partial charge in [-0.2, -0.15) is 0 Å². The van der Waals surface area contributed by atoms with Gasteiger partial charge in [0.05, 0.1) is 11.4 Å². The van der Waals surface area contributed by atoms with Gasteiger partial charge < -0.3 is 9.46 Å². The van der Waals surface area contributed by atoms with Gasteiger partial charge in [0.2, 0.25) is 0 Å². The fourth-order valence-electron chi connectivity index (χ4n) is 7.14. The van der Waals surface area contributed by atoms with Crippen LogP contribution in [0.2, 0.25) is 0 Å². The van der Waals surface area contributed by atoms with Crippen molar-refractivity contribution in [2.45, 2.75) is 26.2 Å². The summed E-state index contributed by atoms with van der Waals surface area (Å²) in [6.07, 6.45) is 10.9. The van der Waals surface area contributed by atoms with Gasteiger partial charge in [-0.05, 0) is 113 Å². The zero-order valence-electron chi connectivity index (χ0n) is 27.7. The SMILES string of the molecule is Cc1cc(P(=O)(c2ccccc2)c2cccnc2)ccc1N1c2ccc(-c3cccnc3)cc2C(C)(C)c2cc(-c3cccnc3)ccc21. The van der Waals surface area contributed by atoms with Crippen molar-refractivity contribution in [3.8, 4) is 22.3 Å². The van der Waals surface area contributed by atoms with Crippen LogP contribution in [-0.4, -0.2) is 15.0 Å². The van der Waals surface area contributed by atoms with Crippen molar-refractivity contribution >= 4 is 40.1 Å². The normalized spacial score (nSPS) is 14.4. The molecule has 0 saturated carbocycles. The summed E-state index contributed by atoms with van der Waals surface area (Å²) >= 11 is 0. The smallest absolute Gasteiger partial charge is 0.172 e. The van der Waals surface area contributed by atoms with E-state index in [2.05, 4.69) is 101 Å². The quantitative estimate of drug-likeness (QED) is 0.167. The summed E-state index contributed by atoms with van der Waals surface area (Å²) in [7, 11) is -3.19. The van der Waals surface area contributed by atoms with E-state index in [4.69, 9.17) is 0 Å². The second-order valence-corrected chi connectivity index (χ2v) is 15.8. The maximum absolute atomic E-state index is 15.2. The molecular weight excluding hydrogens is 619 g/mol. The number of hydrogen-bond acceptors (Lipinski definition) is 5. The molecule has 0 saturated heterocycles. The highest BCUT2D eigenvalue weighted by molar-refractivity contribution is 7.85. The molecule has 0 N–H and O–H groups in total. The lowest BCUT2D eigenvalue weighted by molar-refractivity contribution is 0.592. The lowest BCUT2D eigenvalue weighted by Crippen LogP contribution is -2.31. The Labute approximate surface area is 287 Å². The molecule has 7 aromatic rings. The van der Waals surface area contributed by atoms with Crippen LogP contribution >= 0.6 is 7.14 Å². The molecule has 0 bridgehead atoms. The van der Waals surface area contributed by atoms with Crippen molar-refractivity contribution in [2.75, 3.05) is 4.90 Å². The van der Waals surface area contributed by atoms with Gasteiger partial charge in [0.25, 0.3) is 0 Å². The number of pyridine rings is 3. The third-order valence-corrected chi connectivity index (χ3v) is 12.7. The standard InChI is InChI=1S/C43H35N4OP/c1-30-24-36(49(48,35-12-5-4-6-13-35)37-14-9-23-46-29-37)17-20-40(30)47-41-18-15-31(33-10-7-21-44-27-33)25-38(41)43(2,3)39-26-32(16-19-42(39)47)34-11-8-22-45-28-34/h4-29H,1-3H3. The van der Waals surface area contributed by atoms with Gasteiger partial charge in [-0.1, -0.05) is 68.4 Å².